The van der Waals surface area contributed by atoms with Gasteiger partial charge in [0.1, 0.15) is 0 Å². The second-order valence-electron chi connectivity index (χ2n) is 2.58. The van der Waals surface area contributed by atoms with E-state index in [-0.39, 0.29) is 0 Å². The topological polar surface area (TPSA) is 23.8 Å². The molecule has 0 heterocycles. The quantitative estimate of drug-likeness (QED) is 0.703. The molecule has 0 amide bonds. The van der Waals surface area contributed by atoms with E-state index in [1.807, 2.05) is 18.2 Å². The maximum Gasteiger partial charge on any atom is 0.0669 e. The number of nitriles is 1. The van der Waals surface area contributed by atoms with Crippen molar-refractivity contribution in [1.82, 2.24) is 0 Å². The molecule has 0 aliphatic carbocycles. The number of rotatable bonds is 3. The lowest BCUT2D eigenvalue weighted by molar-refractivity contribution is 1.10. The molecule has 0 aliphatic heterocycles. The van der Waals surface area contributed by atoms with E-state index >= 15 is 0 Å². The Bertz CT molecular complexity index is 288. The summed E-state index contributed by atoms with van der Waals surface area (Å²) < 4.78 is 0. The molecule has 0 unspecified atom stereocenters. The van der Waals surface area contributed by atoms with Gasteiger partial charge in [-0.2, -0.15) is 17.9 Å². The largest absolute Gasteiger partial charge is 0.198 e. The van der Waals surface area contributed by atoms with Crippen LogP contribution in [0, 0.1) is 11.3 Å². The Morgan fingerprint density at radius 3 is 2.50 bits per heavy atom. The van der Waals surface area contributed by atoms with E-state index < -0.39 is 0 Å². The van der Waals surface area contributed by atoms with E-state index in [0.717, 1.165) is 17.7 Å². The molecule has 0 saturated carbocycles. The van der Waals surface area contributed by atoms with Crippen LogP contribution in [0.25, 0.3) is 0 Å². The highest BCUT2D eigenvalue weighted by Crippen LogP contribution is 2.10. The Kier molecular flexibility index (Phi) is 3.69. The lowest BCUT2D eigenvalue weighted by atomic mass is 10.0. The van der Waals surface area contributed by atoms with Crippen LogP contribution in [-0.2, 0) is 12.8 Å². The van der Waals surface area contributed by atoms with Crippen molar-refractivity contribution in [3.63, 3.8) is 0 Å². The number of nitrogens with zero attached hydrogens (tertiary/aromatic N) is 1. The number of hydrogen-bond acceptors (Lipinski definition) is 2. The van der Waals surface area contributed by atoms with Crippen LogP contribution in [0.3, 0.4) is 0 Å². The van der Waals surface area contributed by atoms with Crippen molar-refractivity contribution in [2.75, 3.05) is 5.75 Å². The Morgan fingerprint density at radius 2 is 1.92 bits per heavy atom. The van der Waals surface area contributed by atoms with Crippen molar-refractivity contribution >= 4 is 12.6 Å². The first-order valence-electron chi connectivity index (χ1n) is 3.93. The van der Waals surface area contributed by atoms with E-state index in [9.17, 15) is 0 Å². The fraction of sp³-hybridized carbons (Fsp3) is 0.300. The van der Waals surface area contributed by atoms with Crippen LogP contribution in [0.2, 0.25) is 0 Å². The van der Waals surface area contributed by atoms with Crippen LogP contribution in [0.4, 0.5) is 0 Å². The van der Waals surface area contributed by atoms with Gasteiger partial charge >= 0.3 is 0 Å². The van der Waals surface area contributed by atoms with Gasteiger partial charge in [0.15, 0.2) is 0 Å². The molecule has 0 aromatic heterocycles. The van der Waals surface area contributed by atoms with Crippen LogP contribution < -0.4 is 0 Å². The van der Waals surface area contributed by atoms with Crippen LogP contribution in [0.1, 0.15) is 11.1 Å². The minimum atomic E-state index is 0.504. The average molecular weight is 177 g/mol. The first kappa shape index (κ1) is 9.15. The van der Waals surface area contributed by atoms with Crippen molar-refractivity contribution in [3.8, 4) is 6.07 Å². The molecule has 0 saturated heterocycles. The fourth-order valence-corrected chi connectivity index (χ4v) is 1.42. The van der Waals surface area contributed by atoms with Gasteiger partial charge < -0.3 is 0 Å². The normalized spacial score (nSPS) is 9.33. The molecule has 0 N–H and O–H groups in total. The molecular weight excluding hydrogens is 166 g/mol. The number of thiol groups is 1. The molecule has 0 fully saturated rings. The van der Waals surface area contributed by atoms with Gasteiger partial charge in [-0.1, -0.05) is 24.3 Å². The molecule has 0 aliphatic rings. The molecule has 0 spiro atoms. The fourth-order valence-electron chi connectivity index (χ4n) is 1.18. The molecule has 0 atom stereocenters. The zero-order chi connectivity index (χ0) is 8.81. The third-order valence-electron chi connectivity index (χ3n) is 1.77. The average Bonchev–Trinajstić information content (AvgIpc) is 2.09. The van der Waals surface area contributed by atoms with Gasteiger partial charge in [0.05, 0.1) is 12.5 Å². The van der Waals surface area contributed by atoms with Crippen LogP contribution in [-0.4, -0.2) is 5.75 Å². The predicted octanol–water partition coefficient (Wildman–Crippen LogP) is 2.22. The zero-order valence-electron chi connectivity index (χ0n) is 6.83. The van der Waals surface area contributed by atoms with E-state index in [1.165, 1.54) is 5.56 Å². The van der Waals surface area contributed by atoms with E-state index in [4.69, 9.17) is 5.26 Å². The molecule has 1 nitrogen and oxygen atoms in total. The Hall–Kier alpha value is -0.940. The third kappa shape index (κ3) is 2.28. The highest BCUT2D eigenvalue weighted by atomic mass is 32.1. The Morgan fingerprint density at radius 1 is 1.25 bits per heavy atom. The molecule has 62 valence electrons. The minimum Gasteiger partial charge on any atom is -0.198 e. The van der Waals surface area contributed by atoms with Gasteiger partial charge in [0, 0.05) is 0 Å². The zero-order valence-corrected chi connectivity index (χ0v) is 7.72. The Labute approximate surface area is 78.4 Å². The summed E-state index contributed by atoms with van der Waals surface area (Å²) in [6.45, 7) is 0. The summed E-state index contributed by atoms with van der Waals surface area (Å²) in [6, 6.07) is 10.2. The van der Waals surface area contributed by atoms with Gasteiger partial charge in [-0.25, -0.2) is 0 Å². The van der Waals surface area contributed by atoms with Crippen LogP contribution in [0.15, 0.2) is 24.3 Å². The second-order valence-corrected chi connectivity index (χ2v) is 3.02. The maximum absolute atomic E-state index is 8.54. The number of aryl methyl sites for hydroxylation is 1. The van der Waals surface area contributed by atoms with Crippen LogP contribution in [0.5, 0.6) is 0 Å². The maximum atomic E-state index is 8.54. The summed E-state index contributed by atoms with van der Waals surface area (Å²) in [5.74, 6) is 0.836. The van der Waals surface area contributed by atoms with Crippen molar-refractivity contribution in [1.29, 1.82) is 5.26 Å². The molecule has 1 aromatic rings. The van der Waals surface area contributed by atoms with Gasteiger partial charge in [-0.3, -0.25) is 0 Å². The van der Waals surface area contributed by atoms with Crippen molar-refractivity contribution < 1.29 is 0 Å². The van der Waals surface area contributed by atoms with E-state index in [1.54, 1.807) is 0 Å². The van der Waals surface area contributed by atoms with Gasteiger partial charge in [0.2, 0.25) is 0 Å². The second kappa shape index (κ2) is 4.84. The molecule has 0 radical (unpaired) electrons. The summed E-state index contributed by atoms with van der Waals surface area (Å²) in [5.41, 5.74) is 2.38. The van der Waals surface area contributed by atoms with Gasteiger partial charge in [-0.15, -0.1) is 0 Å². The SMILES string of the molecule is N#CCc1ccccc1CCS. The van der Waals surface area contributed by atoms with Crippen LogP contribution >= 0.6 is 12.6 Å². The number of hydrogen-bond donors (Lipinski definition) is 1. The van der Waals surface area contributed by atoms with Crippen molar-refractivity contribution in [3.05, 3.63) is 35.4 Å². The third-order valence-corrected chi connectivity index (χ3v) is 1.99. The highest BCUT2D eigenvalue weighted by Gasteiger charge is 1.98. The molecule has 1 aromatic carbocycles. The summed E-state index contributed by atoms with van der Waals surface area (Å²) in [5, 5.41) is 8.54. The molecule has 12 heavy (non-hydrogen) atoms. The monoisotopic (exact) mass is 177 g/mol. The van der Waals surface area contributed by atoms with Gasteiger partial charge in [-0.05, 0) is 23.3 Å². The van der Waals surface area contributed by atoms with Gasteiger partial charge in [0.25, 0.3) is 0 Å². The summed E-state index contributed by atoms with van der Waals surface area (Å²) in [7, 11) is 0. The number of benzene rings is 1. The lowest BCUT2D eigenvalue weighted by Gasteiger charge is -2.03. The first-order valence-corrected chi connectivity index (χ1v) is 4.56. The molecular formula is C10H11NS. The van der Waals surface area contributed by atoms with E-state index in [2.05, 4.69) is 24.8 Å². The smallest absolute Gasteiger partial charge is 0.0669 e. The predicted molar refractivity (Wildman–Crippen MR) is 53.3 cm³/mol. The molecule has 2 heteroatoms. The summed E-state index contributed by atoms with van der Waals surface area (Å²) in [4.78, 5) is 0. The Balaban J connectivity index is 2.85. The molecule has 0 bridgehead atoms. The van der Waals surface area contributed by atoms with Crippen molar-refractivity contribution in [2.24, 2.45) is 0 Å². The molecule has 1 rings (SSSR count). The standard InChI is InChI=1S/C10H11NS/c11-7-5-9-3-1-2-4-10(9)6-8-12/h1-4,12H,5-6,8H2. The first-order chi connectivity index (χ1) is 5.88. The van der Waals surface area contributed by atoms with E-state index in [0.29, 0.717) is 6.42 Å². The highest BCUT2D eigenvalue weighted by molar-refractivity contribution is 7.80. The summed E-state index contributed by atoms with van der Waals surface area (Å²) in [6.07, 6.45) is 1.45. The lowest BCUT2D eigenvalue weighted by Crippen LogP contribution is -1.93. The minimum absolute atomic E-state index is 0.504. The summed E-state index contributed by atoms with van der Waals surface area (Å²) >= 11 is 4.16. The van der Waals surface area contributed by atoms with Crippen molar-refractivity contribution in [2.45, 2.75) is 12.8 Å².